The van der Waals surface area contributed by atoms with Crippen LogP contribution in [0, 0.1) is 6.92 Å². The van der Waals surface area contributed by atoms with Crippen LogP contribution in [0.1, 0.15) is 28.9 Å². The van der Waals surface area contributed by atoms with Crippen molar-refractivity contribution in [2.45, 2.75) is 25.8 Å². The van der Waals surface area contributed by atoms with Gasteiger partial charge in [-0.1, -0.05) is 6.07 Å². The first kappa shape index (κ1) is 21.6. The van der Waals surface area contributed by atoms with Gasteiger partial charge >= 0.3 is 0 Å². The number of aryl methyl sites for hydroxylation is 2. The minimum Gasteiger partial charge on any atom is -0.334 e. The first-order valence-electron chi connectivity index (χ1n) is 8.49. The molecule has 1 aliphatic rings. The van der Waals surface area contributed by atoms with E-state index in [2.05, 4.69) is 5.10 Å². The molecule has 2 N–H and O–H groups in total. The van der Waals surface area contributed by atoms with E-state index in [-0.39, 0.29) is 36.8 Å². The van der Waals surface area contributed by atoms with Crippen molar-refractivity contribution in [3.63, 3.8) is 0 Å². The number of nitrogens with two attached hydrogens (primary N) is 1. The number of thiophene rings is 1. The molecule has 146 valence electrons. The number of nitrogens with zero attached hydrogens (tertiary/aromatic N) is 4. The van der Waals surface area contributed by atoms with E-state index in [1.807, 2.05) is 42.5 Å². The maximum Gasteiger partial charge on any atom is 0.255 e. The van der Waals surface area contributed by atoms with E-state index >= 15 is 0 Å². The Morgan fingerprint density at radius 3 is 2.85 bits per heavy atom. The number of likely N-dealkylation sites (tertiary alicyclic amines) is 1. The molecular weight excluding hydrogens is 405 g/mol. The molecule has 27 heavy (non-hydrogen) atoms. The molecular formula is C18H23Cl2N5OS. The number of aromatic nitrogens is 3. The summed E-state index contributed by atoms with van der Waals surface area (Å²) in [4.78, 5) is 21.0. The van der Waals surface area contributed by atoms with Crippen LogP contribution in [-0.2, 0) is 7.05 Å². The molecule has 0 saturated carbocycles. The van der Waals surface area contributed by atoms with Gasteiger partial charge in [0, 0.05) is 26.2 Å². The summed E-state index contributed by atoms with van der Waals surface area (Å²) in [6.45, 7) is 3.19. The van der Waals surface area contributed by atoms with Crippen molar-refractivity contribution < 1.29 is 4.79 Å². The van der Waals surface area contributed by atoms with Gasteiger partial charge in [-0.3, -0.25) is 9.48 Å². The van der Waals surface area contributed by atoms with Crippen LogP contribution in [0.25, 0.3) is 21.6 Å². The Labute approximate surface area is 174 Å². The lowest BCUT2D eigenvalue weighted by Gasteiger charge is -2.24. The smallest absolute Gasteiger partial charge is 0.255 e. The fourth-order valence-electron chi connectivity index (χ4n) is 3.67. The third-order valence-corrected chi connectivity index (χ3v) is 5.78. The third-order valence-electron chi connectivity index (χ3n) is 4.88. The number of halogens is 2. The van der Waals surface area contributed by atoms with Crippen molar-refractivity contribution in [1.29, 1.82) is 0 Å². The highest BCUT2D eigenvalue weighted by Crippen LogP contribution is 2.31. The molecule has 3 aromatic rings. The topological polar surface area (TPSA) is 77.0 Å². The second kappa shape index (κ2) is 8.56. The van der Waals surface area contributed by atoms with Gasteiger partial charge in [0.2, 0.25) is 0 Å². The number of carbonyl (C=O) groups excluding carboxylic acids is 1. The van der Waals surface area contributed by atoms with Gasteiger partial charge in [-0.05, 0) is 37.3 Å². The van der Waals surface area contributed by atoms with Crippen LogP contribution < -0.4 is 5.73 Å². The summed E-state index contributed by atoms with van der Waals surface area (Å²) in [7, 11) is 1.87. The number of rotatable bonds is 3. The second-order valence-electron chi connectivity index (χ2n) is 6.47. The van der Waals surface area contributed by atoms with Crippen LogP contribution in [0.2, 0.25) is 0 Å². The number of carbonyl (C=O) groups is 1. The molecule has 1 amide bonds. The lowest BCUT2D eigenvalue weighted by atomic mass is 10.1. The Bertz CT molecular complexity index is 941. The van der Waals surface area contributed by atoms with E-state index in [1.54, 1.807) is 16.0 Å². The van der Waals surface area contributed by atoms with Gasteiger partial charge in [-0.2, -0.15) is 5.10 Å². The lowest BCUT2D eigenvalue weighted by Crippen LogP contribution is -2.40. The standard InChI is InChI=1S/C18H21N5OS.2ClH/c1-11-16-13(18(24)23-7-3-5-12(23)10-19)9-14(15-6-4-8-25-15)20-17(16)22(2)21-11;;/h4,6,8-9,12H,3,5,7,10,19H2,1-2H3;2*1H. The second-order valence-corrected chi connectivity index (χ2v) is 7.42. The molecule has 0 bridgehead atoms. The van der Waals surface area contributed by atoms with Crippen molar-refractivity contribution in [2.24, 2.45) is 12.8 Å². The zero-order valence-electron chi connectivity index (χ0n) is 15.2. The number of pyridine rings is 1. The van der Waals surface area contributed by atoms with Crippen molar-refractivity contribution in [3.8, 4) is 10.6 Å². The highest BCUT2D eigenvalue weighted by Gasteiger charge is 2.30. The lowest BCUT2D eigenvalue weighted by molar-refractivity contribution is 0.0743. The highest BCUT2D eigenvalue weighted by atomic mass is 35.5. The predicted octanol–water partition coefficient (Wildman–Crippen LogP) is 3.41. The molecule has 6 nitrogen and oxygen atoms in total. The summed E-state index contributed by atoms with van der Waals surface area (Å²) in [6, 6.07) is 6.05. The Kier molecular flexibility index (Phi) is 6.86. The summed E-state index contributed by atoms with van der Waals surface area (Å²) in [6.07, 6.45) is 1.98. The van der Waals surface area contributed by atoms with Crippen LogP contribution in [0.4, 0.5) is 0 Å². The molecule has 0 aliphatic carbocycles. The van der Waals surface area contributed by atoms with E-state index in [0.717, 1.165) is 46.7 Å². The van der Waals surface area contributed by atoms with Gasteiger partial charge in [0.05, 0.1) is 27.2 Å². The van der Waals surface area contributed by atoms with Crippen molar-refractivity contribution in [1.82, 2.24) is 19.7 Å². The number of amides is 1. The van der Waals surface area contributed by atoms with Gasteiger partial charge in [0.25, 0.3) is 5.91 Å². The van der Waals surface area contributed by atoms with Crippen LogP contribution >= 0.6 is 36.2 Å². The van der Waals surface area contributed by atoms with Gasteiger partial charge in [-0.25, -0.2) is 4.98 Å². The Hall–Kier alpha value is -1.67. The Morgan fingerprint density at radius 2 is 2.19 bits per heavy atom. The van der Waals surface area contributed by atoms with E-state index in [1.165, 1.54) is 0 Å². The molecule has 9 heteroatoms. The predicted molar refractivity (Wildman–Crippen MR) is 114 cm³/mol. The zero-order chi connectivity index (χ0) is 17.6. The Balaban J connectivity index is 0.00000131. The minimum absolute atomic E-state index is 0. The number of fused-ring (bicyclic) bond motifs is 1. The molecule has 1 aliphatic heterocycles. The minimum atomic E-state index is 0. The maximum atomic E-state index is 13.3. The average molecular weight is 428 g/mol. The van der Waals surface area contributed by atoms with E-state index in [9.17, 15) is 4.79 Å². The van der Waals surface area contributed by atoms with Gasteiger partial charge in [0.15, 0.2) is 5.65 Å². The van der Waals surface area contributed by atoms with Crippen LogP contribution in [0.3, 0.4) is 0 Å². The highest BCUT2D eigenvalue weighted by molar-refractivity contribution is 7.13. The molecule has 1 atom stereocenters. The fraction of sp³-hybridized carbons (Fsp3) is 0.389. The molecule has 4 rings (SSSR count). The molecule has 4 heterocycles. The molecule has 1 unspecified atom stereocenters. The van der Waals surface area contributed by atoms with E-state index in [4.69, 9.17) is 10.7 Å². The van der Waals surface area contributed by atoms with Crippen LogP contribution in [0.15, 0.2) is 23.6 Å². The third kappa shape index (κ3) is 3.69. The average Bonchev–Trinajstić information content (AvgIpc) is 3.34. The Morgan fingerprint density at radius 1 is 1.41 bits per heavy atom. The van der Waals surface area contributed by atoms with E-state index in [0.29, 0.717) is 12.1 Å². The molecule has 3 aromatic heterocycles. The van der Waals surface area contributed by atoms with Crippen molar-refractivity contribution in [3.05, 3.63) is 34.8 Å². The van der Waals surface area contributed by atoms with Gasteiger partial charge in [-0.15, -0.1) is 36.2 Å². The summed E-state index contributed by atoms with van der Waals surface area (Å²) in [5, 5.41) is 7.34. The summed E-state index contributed by atoms with van der Waals surface area (Å²) in [5.74, 6) is 0.0363. The fourth-order valence-corrected chi connectivity index (χ4v) is 4.35. The van der Waals surface area contributed by atoms with Gasteiger partial charge < -0.3 is 10.6 Å². The van der Waals surface area contributed by atoms with Gasteiger partial charge in [0.1, 0.15) is 0 Å². The number of hydrogen-bond acceptors (Lipinski definition) is 5. The zero-order valence-corrected chi connectivity index (χ0v) is 17.7. The quantitative estimate of drug-likeness (QED) is 0.694. The normalized spacial score (nSPS) is 16.3. The molecule has 0 radical (unpaired) electrons. The summed E-state index contributed by atoms with van der Waals surface area (Å²) < 4.78 is 1.75. The first-order valence-corrected chi connectivity index (χ1v) is 9.37. The maximum absolute atomic E-state index is 13.3. The van der Waals surface area contributed by atoms with Crippen molar-refractivity contribution in [2.75, 3.05) is 13.1 Å². The monoisotopic (exact) mass is 427 g/mol. The van der Waals surface area contributed by atoms with Crippen molar-refractivity contribution >= 4 is 53.1 Å². The summed E-state index contributed by atoms with van der Waals surface area (Å²) >= 11 is 1.62. The van der Waals surface area contributed by atoms with E-state index < -0.39 is 0 Å². The first-order chi connectivity index (χ1) is 12.1. The largest absolute Gasteiger partial charge is 0.334 e. The van der Waals surface area contributed by atoms with Crippen LogP contribution in [-0.4, -0.2) is 44.7 Å². The summed E-state index contributed by atoms with van der Waals surface area (Å²) in [5.41, 5.74) is 8.94. The molecule has 0 aromatic carbocycles. The molecule has 0 spiro atoms. The number of hydrogen-bond donors (Lipinski definition) is 1. The molecule has 1 fully saturated rings. The van der Waals surface area contributed by atoms with Crippen LogP contribution in [0.5, 0.6) is 0 Å². The molecule has 1 saturated heterocycles. The SMILES string of the molecule is Cc1nn(C)c2nc(-c3cccs3)cc(C(=O)N3CCCC3CN)c12.Cl.Cl.